The third kappa shape index (κ3) is 14.1. The fourth-order valence-electron chi connectivity index (χ4n) is 3.67. The summed E-state index contributed by atoms with van der Waals surface area (Å²) < 4.78 is 63.5. The Kier molecular flexibility index (Phi) is 16.0. The van der Waals surface area contributed by atoms with E-state index in [-0.39, 0.29) is 65.8 Å². The van der Waals surface area contributed by atoms with Gasteiger partial charge >= 0.3 is 24.3 Å². The van der Waals surface area contributed by atoms with E-state index in [2.05, 4.69) is 21.3 Å². The van der Waals surface area contributed by atoms with E-state index >= 15 is 0 Å². The van der Waals surface area contributed by atoms with Crippen LogP contribution in [0.3, 0.4) is 0 Å². The Morgan fingerprint density at radius 2 is 0.904 bits per heavy atom. The molecule has 2 atom stereocenters. The van der Waals surface area contributed by atoms with Gasteiger partial charge in [0.2, 0.25) is 23.6 Å². The second kappa shape index (κ2) is 18.9. The number of hydrogen-bond donors (Lipinski definition) is 8. The summed E-state index contributed by atoms with van der Waals surface area (Å²) in [5.74, 6) is -7.85. The third-order valence-corrected chi connectivity index (χ3v) is 6.20. The van der Waals surface area contributed by atoms with Gasteiger partial charge in [-0.3, -0.25) is 28.8 Å². The first-order valence-electron chi connectivity index (χ1n) is 14.5. The predicted octanol–water partition coefficient (Wildman–Crippen LogP) is 1.31. The number of fused-ring (bicyclic) bond motifs is 2. The van der Waals surface area contributed by atoms with Gasteiger partial charge in [0.25, 0.3) is 0 Å². The maximum atomic E-state index is 13.3. The summed E-state index contributed by atoms with van der Waals surface area (Å²) >= 11 is 0. The maximum absolute atomic E-state index is 13.3. The number of carboxylic acids is 2. The number of alkyl halides is 6. The van der Waals surface area contributed by atoms with E-state index in [0.29, 0.717) is 11.4 Å². The summed E-state index contributed by atoms with van der Waals surface area (Å²) in [6, 6.07) is 7.44. The second-order valence-electron chi connectivity index (χ2n) is 10.5. The van der Waals surface area contributed by atoms with Gasteiger partial charge in [0.1, 0.15) is 0 Å². The minimum absolute atomic E-state index is 0.0107. The number of carbonyl (C=O) groups is 8. The van der Waals surface area contributed by atoms with Crippen molar-refractivity contribution in [3.63, 3.8) is 0 Å². The van der Waals surface area contributed by atoms with Gasteiger partial charge in [-0.1, -0.05) is 0 Å². The lowest BCUT2D eigenvalue weighted by Crippen LogP contribution is -2.39. The van der Waals surface area contributed by atoms with E-state index in [9.17, 15) is 55.1 Å². The van der Waals surface area contributed by atoms with Gasteiger partial charge in [-0.25, -0.2) is 9.59 Å². The van der Waals surface area contributed by atoms with E-state index in [0.717, 1.165) is 0 Å². The average molecular weight is 751 g/mol. The first-order valence-corrected chi connectivity index (χ1v) is 14.5. The SMILES string of the molecule is C[C@H](N)C(=O)NCCC(=O)Nc1ccc2c(c1)C(=O)c1cc(NC(=O)CCNC(=O)[C@H](C)N)ccc1C2=O.O=C(O)C(F)(F)F.O=C(O)C(F)(F)F. The Bertz CT molecular complexity index is 1590. The second-order valence-corrected chi connectivity index (χ2v) is 10.5. The standard InChI is InChI=1S/C26H30N6O6.2C2HF3O2/c1-13(27)25(37)29-9-7-21(33)31-15-3-5-17-19(11-15)24(36)20-12-16(4-6-18(20)23(17)35)32-22(34)8-10-30-26(38)14(2)28;2*3-2(4,5)1(6)7/h3-6,11-14H,7-10,27-28H2,1-2H3,(H,29,37)(H,30,38)(H,31,33)(H,32,34);2*(H,6,7)/t13-,14-;;/m0../s1. The van der Waals surface area contributed by atoms with Crippen LogP contribution in [0.2, 0.25) is 0 Å². The highest BCUT2D eigenvalue weighted by molar-refractivity contribution is 6.29. The summed E-state index contributed by atoms with van der Waals surface area (Å²) in [6.45, 7) is 3.24. The molecule has 284 valence electrons. The van der Waals surface area contributed by atoms with Crippen LogP contribution in [0, 0.1) is 0 Å². The lowest BCUT2D eigenvalue weighted by atomic mass is 9.83. The van der Waals surface area contributed by atoms with Crippen LogP contribution in [0.25, 0.3) is 0 Å². The van der Waals surface area contributed by atoms with Crippen LogP contribution >= 0.6 is 0 Å². The average Bonchev–Trinajstić information content (AvgIpc) is 3.03. The molecule has 52 heavy (non-hydrogen) atoms. The first kappa shape index (κ1) is 44.1. The number of benzene rings is 2. The molecule has 10 N–H and O–H groups in total. The van der Waals surface area contributed by atoms with Crippen LogP contribution in [-0.4, -0.2) is 94.9 Å². The van der Waals surface area contributed by atoms with E-state index in [1.807, 2.05) is 0 Å². The molecule has 0 bridgehead atoms. The van der Waals surface area contributed by atoms with Crippen molar-refractivity contribution >= 4 is 58.5 Å². The number of carbonyl (C=O) groups excluding carboxylic acids is 6. The highest BCUT2D eigenvalue weighted by Crippen LogP contribution is 2.31. The van der Waals surface area contributed by atoms with Crippen LogP contribution < -0.4 is 32.7 Å². The molecule has 0 radical (unpaired) electrons. The quantitative estimate of drug-likeness (QED) is 0.136. The molecule has 2 aromatic carbocycles. The van der Waals surface area contributed by atoms with Crippen molar-refractivity contribution in [2.45, 2.75) is 51.1 Å². The van der Waals surface area contributed by atoms with Gasteiger partial charge in [-0.15, -0.1) is 0 Å². The van der Waals surface area contributed by atoms with Crippen LogP contribution in [0.5, 0.6) is 0 Å². The van der Waals surface area contributed by atoms with Crippen LogP contribution in [-0.2, 0) is 28.8 Å². The van der Waals surface area contributed by atoms with Gasteiger partial charge in [-0.05, 0) is 50.2 Å². The minimum atomic E-state index is -5.08. The number of rotatable bonds is 10. The van der Waals surface area contributed by atoms with Crippen LogP contribution in [0.15, 0.2) is 36.4 Å². The summed E-state index contributed by atoms with van der Waals surface area (Å²) in [7, 11) is 0. The lowest BCUT2D eigenvalue weighted by molar-refractivity contribution is -0.193. The highest BCUT2D eigenvalue weighted by Gasteiger charge is 2.39. The van der Waals surface area contributed by atoms with Crippen molar-refractivity contribution in [2.24, 2.45) is 11.5 Å². The molecule has 0 heterocycles. The largest absolute Gasteiger partial charge is 0.490 e. The van der Waals surface area contributed by atoms with E-state index in [1.165, 1.54) is 50.2 Å². The van der Waals surface area contributed by atoms with Crippen LogP contribution in [0.1, 0.15) is 58.5 Å². The molecule has 0 spiro atoms. The Morgan fingerprint density at radius 1 is 0.615 bits per heavy atom. The monoisotopic (exact) mass is 750 g/mol. The molecule has 0 saturated heterocycles. The molecule has 0 saturated carbocycles. The van der Waals surface area contributed by atoms with E-state index in [1.54, 1.807) is 0 Å². The van der Waals surface area contributed by atoms with Crippen molar-refractivity contribution < 1.29 is 74.9 Å². The highest BCUT2D eigenvalue weighted by atomic mass is 19.4. The number of amides is 4. The molecule has 4 amide bonds. The Balaban J connectivity index is 0.000000812. The van der Waals surface area contributed by atoms with Gasteiger partial charge in [0.15, 0.2) is 11.6 Å². The number of carboxylic acid groups (broad SMARTS) is 2. The molecule has 0 aromatic heterocycles. The maximum Gasteiger partial charge on any atom is 0.490 e. The molecule has 16 nitrogen and oxygen atoms in total. The topological polar surface area (TPSA) is 277 Å². The zero-order chi connectivity index (χ0) is 40.1. The number of anilines is 2. The van der Waals surface area contributed by atoms with Crippen molar-refractivity contribution in [1.82, 2.24) is 10.6 Å². The summed E-state index contributed by atoms with van der Waals surface area (Å²) in [4.78, 5) is 91.6. The molecule has 0 fully saturated rings. The molecule has 22 heteroatoms. The number of nitrogens with two attached hydrogens (primary N) is 2. The Hall–Kier alpha value is -5.90. The predicted molar refractivity (Wildman–Crippen MR) is 167 cm³/mol. The Labute approximate surface area is 289 Å². The normalized spacial score (nSPS) is 12.9. The van der Waals surface area contributed by atoms with Gasteiger partial charge < -0.3 is 42.9 Å². The number of aliphatic carboxylic acids is 2. The number of halogens is 6. The van der Waals surface area contributed by atoms with Crippen molar-refractivity contribution in [2.75, 3.05) is 23.7 Å². The van der Waals surface area contributed by atoms with E-state index < -0.39 is 54.0 Å². The molecular weight excluding hydrogens is 718 g/mol. The lowest BCUT2D eigenvalue weighted by Gasteiger charge is -2.19. The summed E-state index contributed by atoms with van der Waals surface area (Å²) in [6.07, 6.45) is -10.2. The van der Waals surface area contributed by atoms with Gasteiger partial charge in [0, 0.05) is 59.6 Å². The third-order valence-electron chi connectivity index (χ3n) is 6.20. The molecule has 1 aliphatic rings. The molecule has 1 aliphatic carbocycles. The molecule has 2 aromatic rings. The minimum Gasteiger partial charge on any atom is -0.475 e. The molecular formula is C30H32F6N6O10. The molecule has 0 unspecified atom stereocenters. The number of ketones is 2. The zero-order valence-corrected chi connectivity index (χ0v) is 27.0. The van der Waals surface area contributed by atoms with Crippen LogP contribution in [0.4, 0.5) is 37.7 Å². The molecule has 3 rings (SSSR count). The number of nitrogens with one attached hydrogen (secondary N) is 4. The fourth-order valence-corrected chi connectivity index (χ4v) is 3.67. The van der Waals surface area contributed by atoms with E-state index in [4.69, 9.17) is 31.3 Å². The van der Waals surface area contributed by atoms with Gasteiger partial charge in [0.05, 0.1) is 12.1 Å². The number of hydrogen-bond acceptors (Lipinski definition) is 10. The fraction of sp³-hybridized carbons (Fsp3) is 0.333. The van der Waals surface area contributed by atoms with Gasteiger partial charge in [-0.2, -0.15) is 26.3 Å². The smallest absolute Gasteiger partial charge is 0.475 e. The summed E-state index contributed by atoms with van der Waals surface area (Å²) in [5, 5.41) is 24.6. The summed E-state index contributed by atoms with van der Waals surface area (Å²) in [5.41, 5.74) is 12.2. The Morgan fingerprint density at radius 3 is 1.17 bits per heavy atom. The zero-order valence-electron chi connectivity index (χ0n) is 27.0. The van der Waals surface area contributed by atoms with Crippen molar-refractivity contribution in [1.29, 1.82) is 0 Å². The first-order chi connectivity index (χ1) is 23.9. The molecule has 0 aliphatic heterocycles. The van der Waals surface area contributed by atoms with Crippen molar-refractivity contribution in [3.8, 4) is 0 Å². The van der Waals surface area contributed by atoms with Crippen molar-refractivity contribution in [3.05, 3.63) is 58.7 Å².